The smallest absolute Gasteiger partial charge is 0.217 e. The molecule has 1 amide bonds. The Morgan fingerprint density at radius 1 is 1.28 bits per heavy atom. The van der Waals surface area contributed by atoms with Gasteiger partial charge in [-0.15, -0.1) is 0 Å². The van der Waals surface area contributed by atoms with E-state index in [0.717, 1.165) is 64.4 Å². The average Bonchev–Trinajstić information content (AvgIpc) is 2.72. The molecule has 0 aromatic heterocycles. The second-order valence-corrected chi connectivity index (χ2v) is 8.42. The minimum Gasteiger partial charge on any atom is -0.373 e. The molecule has 3 atom stereocenters. The second kappa shape index (κ2) is 10.6. The molecule has 3 N–H and O–H groups in total. The van der Waals surface area contributed by atoms with E-state index in [1.54, 1.807) is 0 Å². The second-order valence-electron chi connectivity index (χ2n) is 8.42. The van der Waals surface area contributed by atoms with Gasteiger partial charge in [-0.25, -0.2) is 0 Å². The average molecular weight is 401 g/mol. The lowest BCUT2D eigenvalue weighted by Gasteiger charge is -2.35. The Balaban J connectivity index is 1.69. The van der Waals surface area contributed by atoms with Crippen molar-refractivity contribution >= 4 is 11.9 Å². The maximum atomic E-state index is 11.3. The standard InChI is InChI=1S/C23H36N4O2/c1-3-25-23(27-12-4-6-18(16-27)14-21(24)28)26-15-20-7-5-13-29-22(20)19-10-8-17(2)9-11-19/h8-11,18,20,22H,3-7,12-16H2,1-2H3,(H2,24,28)(H,25,26). The predicted molar refractivity (Wildman–Crippen MR) is 117 cm³/mol. The van der Waals surface area contributed by atoms with Crippen molar-refractivity contribution in [1.29, 1.82) is 0 Å². The van der Waals surface area contributed by atoms with Crippen LogP contribution in [0.3, 0.4) is 0 Å². The minimum absolute atomic E-state index is 0.111. The molecule has 0 radical (unpaired) electrons. The number of amides is 1. The van der Waals surface area contributed by atoms with E-state index in [1.807, 2.05) is 0 Å². The molecule has 0 saturated carbocycles. The number of nitrogens with two attached hydrogens (primary N) is 1. The molecule has 0 aliphatic carbocycles. The summed E-state index contributed by atoms with van der Waals surface area (Å²) in [6.45, 7) is 8.43. The first-order chi connectivity index (χ1) is 14.1. The molecule has 3 rings (SSSR count). The third kappa shape index (κ3) is 6.20. The zero-order valence-electron chi connectivity index (χ0n) is 17.9. The minimum atomic E-state index is -0.209. The van der Waals surface area contributed by atoms with Gasteiger partial charge in [0.05, 0.1) is 6.10 Å². The maximum Gasteiger partial charge on any atom is 0.217 e. The van der Waals surface area contributed by atoms with Gasteiger partial charge in [-0.2, -0.15) is 0 Å². The van der Waals surface area contributed by atoms with Crippen LogP contribution in [-0.4, -0.2) is 49.6 Å². The number of aryl methyl sites for hydroxylation is 1. The van der Waals surface area contributed by atoms with Gasteiger partial charge in [0.25, 0.3) is 0 Å². The molecule has 6 nitrogen and oxygen atoms in total. The van der Waals surface area contributed by atoms with Crippen LogP contribution >= 0.6 is 0 Å². The number of rotatable bonds is 6. The molecule has 29 heavy (non-hydrogen) atoms. The summed E-state index contributed by atoms with van der Waals surface area (Å²) in [5.41, 5.74) is 7.94. The Bertz CT molecular complexity index is 689. The molecule has 1 aromatic rings. The number of carbonyl (C=O) groups excluding carboxylic acids is 1. The normalized spacial score (nSPS) is 25.7. The van der Waals surface area contributed by atoms with Crippen molar-refractivity contribution in [3.05, 3.63) is 35.4 Å². The maximum absolute atomic E-state index is 11.3. The lowest BCUT2D eigenvalue weighted by molar-refractivity contribution is -0.119. The zero-order chi connectivity index (χ0) is 20.6. The molecule has 2 saturated heterocycles. The fraction of sp³-hybridized carbons (Fsp3) is 0.652. The van der Waals surface area contributed by atoms with Crippen LogP contribution in [0.4, 0.5) is 0 Å². The van der Waals surface area contributed by atoms with Crippen LogP contribution in [0.15, 0.2) is 29.3 Å². The number of carbonyl (C=O) groups is 1. The van der Waals surface area contributed by atoms with Crippen LogP contribution in [0, 0.1) is 18.8 Å². The van der Waals surface area contributed by atoms with E-state index < -0.39 is 0 Å². The Hall–Kier alpha value is -2.08. The summed E-state index contributed by atoms with van der Waals surface area (Å²) in [6.07, 6.45) is 4.92. The number of likely N-dealkylation sites (tertiary alicyclic amines) is 1. The first-order valence-corrected chi connectivity index (χ1v) is 11.1. The molecule has 2 aliphatic rings. The molecule has 3 unspecified atom stereocenters. The molecular formula is C23H36N4O2. The molecule has 0 spiro atoms. The van der Waals surface area contributed by atoms with Gasteiger partial charge in [-0.05, 0) is 51.0 Å². The van der Waals surface area contributed by atoms with Crippen LogP contribution in [0.5, 0.6) is 0 Å². The number of nitrogens with one attached hydrogen (secondary N) is 1. The van der Waals surface area contributed by atoms with Gasteiger partial charge in [0.15, 0.2) is 5.96 Å². The van der Waals surface area contributed by atoms with E-state index in [-0.39, 0.29) is 12.0 Å². The van der Waals surface area contributed by atoms with Crippen LogP contribution in [0.1, 0.15) is 56.3 Å². The van der Waals surface area contributed by atoms with Gasteiger partial charge in [0.1, 0.15) is 0 Å². The largest absolute Gasteiger partial charge is 0.373 e. The number of piperidine rings is 1. The SMILES string of the molecule is CCNC(=NCC1CCCOC1c1ccc(C)cc1)N1CCCC(CC(N)=O)C1. The molecule has 6 heteroatoms. The summed E-state index contributed by atoms with van der Waals surface area (Å²) >= 11 is 0. The lowest BCUT2D eigenvalue weighted by atomic mass is 9.89. The van der Waals surface area contributed by atoms with Crippen molar-refractivity contribution in [3.8, 4) is 0 Å². The topological polar surface area (TPSA) is 80.0 Å². The number of nitrogens with zero attached hydrogens (tertiary/aromatic N) is 2. The molecule has 160 valence electrons. The number of primary amides is 1. The summed E-state index contributed by atoms with van der Waals surface area (Å²) in [4.78, 5) is 18.6. The number of aliphatic imine (C=N–C) groups is 1. The third-order valence-electron chi connectivity index (χ3n) is 5.97. The molecular weight excluding hydrogens is 364 g/mol. The van der Waals surface area contributed by atoms with E-state index >= 15 is 0 Å². The number of ether oxygens (including phenoxy) is 1. The van der Waals surface area contributed by atoms with Crippen LogP contribution in [0.25, 0.3) is 0 Å². The highest BCUT2D eigenvalue weighted by atomic mass is 16.5. The monoisotopic (exact) mass is 400 g/mol. The fourth-order valence-electron chi connectivity index (χ4n) is 4.49. The number of hydrogen-bond acceptors (Lipinski definition) is 3. The lowest BCUT2D eigenvalue weighted by Crippen LogP contribution is -2.47. The van der Waals surface area contributed by atoms with Crippen molar-refractivity contribution in [1.82, 2.24) is 10.2 Å². The highest BCUT2D eigenvalue weighted by Gasteiger charge is 2.28. The van der Waals surface area contributed by atoms with Gasteiger partial charge >= 0.3 is 0 Å². The van der Waals surface area contributed by atoms with E-state index in [9.17, 15) is 4.79 Å². The van der Waals surface area contributed by atoms with Gasteiger partial charge in [0, 0.05) is 45.1 Å². The van der Waals surface area contributed by atoms with Crippen molar-refractivity contribution in [2.45, 2.75) is 52.1 Å². The van der Waals surface area contributed by atoms with Crippen molar-refractivity contribution in [2.75, 3.05) is 32.8 Å². The number of hydrogen-bond donors (Lipinski definition) is 2. The Morgan fingerprint density at radius 3 is 2.79 bits per heavy atom. The summed E-state index contributed by atoms with van der Waals surface area (Å²) in [5.74, 6) is 1.45. The fourth-order valence-corrected chi connectivity index (χ4v) is 4.49. The van der Waals surface area contributed by atoms with E-state index in [0.29, 0.717) is 18.3 Å². The number of guanidine groups is 1. The summed E-state index contributed by atoms with van der Waals surface area (Å²) in [6, 6.07) is 8.69. The first kappa shape index (κ1) is 21.6. The molecule has 2 aliphatic heterocycles. The third-order valence-corrected chi connectivity index (χ3v) is 5.97. The van der Waals surface area contributed by atoms with Crippen LogP contribution in [-0.2, 0) is 9.53 Å². The van der Waals surface area contributed by atoms with Crippen LogP contribution < -0.4 is 11.1 Å². The van der Waals surface area contributed by atoms with Crippen molar-refractivity contribution in [2.24, 2.45) is 22.6 Å². The highest BCUT2D eigenvalue weighted by molar-refractivity contribution is 5.80. The molecule has 2 heterocycles. The van der Waals surface area contributed by atoms with Crippen LogP contribution in [0.2, 0.25) is 0 Å². The van der Waals surface area contributed by atoms with Gasteiger partial charge in [-0.3, -0.25) is 9.79 Å². The van der Waals surface area contributed by atoms with Gasteiger partial charge in [0.2, 0.25) is 5.91 Å². The van der Waals surface area contributed by atoms with Crippen molar-refractivity contribution in [3.63, 3.8) is 0 Å². The Morgan fingerprint density at radius 2 is 2.07 bits per heavy atom. The van der Waals surface area contributed by atoms with E-state index in [4.69, 9.17) is 15.5 Å². The summed E-state index contributed by atoms with van der Waals surface area (Å²) in [5, 5.41) is 3.45. The molecule has 0 bridgehead atoms. The zero-order valence-corrected chi connectivity index (χ0v) is 17.9. The summed E-state index contributed by atoms with van der Waals surface area (Å²) < 4.78 is 6.16. The molecule has 2 fully saturated rings. The van der Waals surface area contributed by atoms with Crippen molar-refractivity contribution < 1.29 is 9.53 Å². The van der Waals surface area contributed by atoms with E-state index in [1.165, 1.54) is 11.1 Å². The van der Waals surface area contributed by atoms with Gasteiger partial charge in [-0.1, -0.05) is 29.8 Å². The predicted octanol–water partition coefficient (Wildman–Crippen LogP) is 3.02. The Kier molecular flexibility index (Phi) is 7.92. The number of benzene rings is 1. The van der Waals surface area contributed by atoms with Gasteiger partial charge < -0.3 is 20.7 Å². The first-order valence-electron chi connectivity index (χ1n) is 11.1. The summed E-state index contributed by atoms with van der Waals surface area (Å²) in [7, 11) is 0. The Labute approximate surface area is 174 Å². The quantitative estimate of drug-likeness (QED) is 0.568. The highest BCUT2D eigenvalue weighted by Crippen LogP contribution is 2.34. The molecule has 1 aromatic carbocycles. The van der Waals surface area contributed by atoms with E-state index in [2.05, 4.69) is 48.3 Å².